The van der Waals surface area contributed by atoms with Crippen LogP contribution < -0.4 is 15.2 Å². The maximum atomic E-state index is 5.88. The van der Waals surface area contributed by atoms with E-state index >= 15 is 0 Å². The molecule has 0 heterocycles. The van der Waals surface area contributed by atoms with Crippen LogP contribution in [-0.2, 0) is 6.42 Å². The second-order valence-electron chi connectivity index (χ2n) is 4.45. The van der Waals surface area contributed by atoms with Gasteiger partial charge in [0.05, 0.1) is 4.47 Å². The highest BCUT2D eigenvalue weighted by atomic mass is 79.9. The molecule has 21 heavy (non-hydrogen) atoms. The largest absolute Gasteiger partial charge is 0.490 e. The summed E-state index contributed by atoms with van der Waals surface area (Å²) in [5.74, 6) is 1.58. The molecular formula is C16H17BrClNO2. The molecule has 0 spiro atoms. The van der Waals surface area contributed by atoms with E-state index in [4.69, 9.17) is 26.8 Å². The Kier molecular flexibility index (Phi) is 6.36. The van der Waals surface area contributed by atoms with Crippen LogP contribution in [0.2, 0.25) is 5.02 Å². The summed E-state index contributed by atoms with van der Waals surface area (Å²) in [5, 5.41) is 0.669. The summed E-state index contributed by atoms with van der Waals surface area (Å²) in [7, 11) is 0. The zero-order valence-corrected chi connectivity index (χ0v) is 13.9. The molecule has 0 radical (unpaired) electrons. The predicted molar refractivity (Wildman–Crippen MR) is 89.3 cm³/mol. The van der Waals surface area contributed by atoms with Gasteiger partial charge in [0.2, 0.25) is 0 Å². The van der Waals surface area contributed by atoms with Gasteiger partial charge in [0.25, 0.3) is 0 Å². The van der Waals surface area contributed by atoms with Gasteiger partial charge in [-0.1, -0.05) is 23.7 Å². The van der Waals surface area contributed by atoms with Crippen molar-refractivity contribution in [2.24, 2.45) is 5.73 Å². The standard InChI is InChI=1S/C16H17BrClNO2/c17-15-11-13(18)3-6-16(15)21-10-9-20-14-4-1-12(2-5-14)7-8-19/h1-6,11H,7-10,19H2. The second kappa shape index (κ2) is 8.27. The molecule has 0 unspecified atom stereocenters. The molecule has 2 rings (SSSR count). The van der Waals surface area contributed by atoms with Crippen molar-refractivity contribution < 1.29 is 9.47 Å². The minimum absolute atomic E-state index is 0.463. The maximum absolute atomic E-state index is 5.88. The van der Waals surface area contributed by atoms with Crippen LogP contribution in [0.3, 0.4) is 0 Å². The van der Waals surface area contributed by atoms with E-state index in [-0.39, 0.29) is 0 Å². The van der Waals surface area contributed by atoms with E-state index in [1.165, 1.54) is 5.56 Å². The van der Waals surface area contributed by atoms with Crippen molar-refractivity contribution in [2.45, 2.75) is 6.42 Å². The summed E-state index contributed by atoms with van der Waals surface area (Å²) in [5.41, 5.74) is 6.73. The van der Waals surface area contributed by atoms with Crippen molar-refractivity contribution in [2.75, 3.05) is 19.8 Å². The minimum atomic E-state index is 0.463. The second-order valence-corrected chi connectivity index (χ2v) is 5.75. The zero-order valence-electron chi connectivity index (χ0n) is 11.5. The lowest BCUT2D eigenvalue weighted by atomic mass is 10.1. The molecule has 3 nitrogen and oxygen atoms in total. The Morgan fingerprint density at radius 3 is 2.38 bits per heavy atom. The van der Waals surface area contributed by atoms with Gasteiger partial charge in [-0.15, -0.1) is 0 Å². The minimum Gasteiger partial charge on any atom is -0.490 e. The SMILES string of the molecule is NCCc1ccc(OCCOc2ccc(Cl)cc2Br)cc1. The highest BCUT2D eigenvalue weighted by molar-refractivity contribution is 9.10. The Labute approximate surface area is 138 Å². The third-order valence-electron chi connectivity index (χ3n) is 2.86. The van der Waals surface area contributed by atoms with Crippen LogP contribution in [0.15, 0.2) is 46.9 Å². The van der Waals surface area contributed by atoms with Gasteiger partial charge in [0.1, 0.15) is 24.7 Å². The zero-order chi connectivity index (χ0) is 15.1. The summed E-state index contributed by atoms with van der Waals surface area (Å²) < 4.78 is 12.1. The fourth-order valence-corrected chi connectivity index (χ4v) is 2.62. The van der Waals surface area contributed by atoms with Crippen molar-refractivity contribution in [1.29, 1.82) is 0 Å². The number of benzene rings is 2. The first-order chi connectivity index (χ1) is 10.2. The van der Waals surface area contributed by atoms with Crippen LogP contribution >= 0.6 is 27.5 Å². The summed E-state index contributed by atoms with van der Waals surface area (Å²) in [6, 6.07) is 13.4. The molecule has 2 aromatic rings. The molecular weight excluding hydrogens is 354 g/mol. The third-order valence-corrected chi connectivity index (χ3v) is 3.71. The Morgan fingerprint density at radius 2 is 1.71 bits per heavy atom. The highest BCUT2D eigenvalue weighted by Gasteiger charge is 2.02. The third kappa shape index (κ3) is 5.23. The van der Waals surface area contributed by atoms with Crippen molar-refractivity contribution in [3.05, 3.63) is 57.5 Å². The number of hydrogen-bond donors (Lipinski definition) is 1. The average Bonchev–Trinajstić information content (AvgIpc) is 2.47. The highest BCUT2D eigenvalue weighted by Crippen LogP contribution is 2.27. The van der Waals surface area contributed by atoms with Crippen LogP contribution in [0, 0.1) is 0 Å². The predicted octanol–water partition coefficient (Wildman–Crippen LogP) is 4.06. The quantitative estimate of drug-likeness (QED) is 0.748. The summed E-state index contributed by atoms with van der Waals surface area (Å²) in [4.78, 5) is 0. The van der Waals surface area contributed by atoms with Crippen LogP contribution in [0.4, 0.5) is 0 Å². The van der Waals surface area contributed by atoms with Gasteiger partial charge < -0.3 is 15.2 Å². The molecule has 0 amide bonds. The fraction of sp³-hybridized carbons (Fsp3) is 0.250. The van der Waals surface area contributed by atoms with Gasteiger partial charge >= 0.3 is 0 Å². The molecule has 5 heteroatoms. The molecule has 0 aromatic heterocycles. The number of ether oxygens (including phenoxy) is 2. The van der Waals surface area contributed by atoms with E-state index in [2.05, 4.69) is 15.9 Å². The first-order valence-electron chi connectivity index (χ1n) is 6.68. The smallest absolute Gasteiger partial charge is 0.133 e. The molecule has 0 saturated carbocycles. The molecule has 0 bridgehead atoms. The summed E-state index contributed by atoms with van der Waals surface area (Å²) in [6.07, 6.45) is 0.883. The lowest BCUT2D eigenvalue weighted by Gasteiger charge is -2.10. The number of hydrogen-bond acceptors (Lipinski definition) is 3. The molecule has 0 saturated heterocycles. The molecule has 0 atom stereocenters. The van der Waals surface area contributed by atoms with E-state index in [1.807, 2.05) is 30.3 Å². The van der Waals surface area contributed by atoms with Crippen LogP contribution in [0.5, 0.6) is 11.5 Å². The topological polar surface area (TPSA) is 44.5 Å². The maximum Gasteiger partial charge on any atom is 0.133 e. The summed E-state index contributed by atoms with van der Waals surface area (Å²) in [6.45, 7) is 1.60. The first kappa shape index (κ1) is 16.1. The molecule has 2 N–H and O–H groups in total. The van der Waals surface area contributed by atoms with Gasteiger partial charge in [-0.3, -0.25) is 0 Å². The number of rotatable bonds is 7. The first-order valence-corrected chi connectivity index (χ1v) is 7.86. The van der Waals surface area contributed by atoms with Crippen LogP contribution in [0.25, 0.3) is 0 Å². The van der Waals surface area contributed by atoms with Crippen molar-refractivity contribution in [3.8, 4) is 11.5 Å². The number of nitrogens with two attached hydrogens (primary N) is 1. The van der Waals surface area contributed by atoms with Gasteiger partial charge in [0, 0.05) is 5.02 Å². The molecule has 112 valence electrons. The fourth-order valence-electron chi connectivity index (χ4n) is 1.82. The lowest BCUT2D eigenvalue weighted by molar-refractivity contribution is 0.216. The normalized spacial score (nSPS) is 10.4. The van der Waals surface area contributed by atoms with E-state index in [1.54, 1.807) is 12.1 Å². The molecule has 0 fully saturated rings. The van der Waals surface area contributed by atoms with Gasteiger partial charge in [-0.05, 0) is 64.8 Å². The molecule has 0 aliphatic heterocycles. The monoisotopic (exact) mass is 369 g/mol. The van der Waals surface area contributed by atoms with Crippen molar-refractivity contribution in [1.82, 2.24) is 0 Å². The van der Waals surface area contributed by atoms with Crippen molar-refractivity contribution in [3.63, 3.8) is 0 Å². The van der Waals surface area contributed by atoms with Gasteiger partial charge in [0.15, 0.2) is 0 Å². The van der Waals surface area contributed by atoms with Crippen LogP contribution in [-0.4, -0.2) is 19.8 Å². The molecule has 0 aliphatic carbocycles. The molecule has 0 aliphatic rings. The van der Waals surface area contributed by atoms with Gasteiger partial charge in [-0.25, -0.2) is 0 Å². The number of halogens is 2. The van der Waals surface area contributed by atoms with E-state index in [0.29, 0.717) is 24.8 Å². The molecule has 2 aromatic carbocycles. The lowest BCUT2D eigenvalue weighted by Crippen LogP contribution is -2.09. The van der Waals surface area contributed by atoms with Crippen LogP contribution in [0.1, 0.15) is 5.56 Å². The van der Waals surface area contributed by atoms with Crippen molar-refractivity contribution >= 4 is 27.5 Å². The average molecular weight is 371 g/mol. The summed E-state index contributed by atoms with van der Waals surface area (Å²) >= 11 is 9.28. The Bertz CT molecular complexity index is 575. The van der Waals surface area contributed by atoms with E-state index in [9.17, 15) is 0 Å². The van der Waals surface area contributed by atoms with E-state index in [0.717, 1.165) is 22.4 Å². The Hall–Kier alpha value is -1.23. The van der Waals surface area contributed by atoms with E-state index < -0.39 is 0 Å². The Balaban J connectivity index is 1.76. The van der Waals surface area contributed by atoms with Gasteiger partial charge in [-0.2, -0.15) is 0 Å². The Morgan fingerprint density at radius 1 is 1.00 bits per heavy atom.